The molecule has 1 aliphatic rings. The van der Waals surface area contributed by atoms with Crippen LogP contribution < -0.4 is 10.0 Å². The Bertz CT molecular complexity index is 1580. The van der Waals surface area contributed by atoms with Crippen molar-refractivity contribution in [3.05, 3.63) is 76.4 Å². The van der Waals surface area contributed by atoms with E-state index in [-0.39, 0.29) is 26.5 Å². The van der Waals surface area contributed by atoms with Crippen molar-refractivity contribution in [2.24, 2.45) is 0 Å². The summed E-state index contributed by atoms with van der Waals surface area (Å²) in [6.07, 6.45) is 2.40. The van der Waals surface area contributed by atoms with Crippen LogP contribution in [0, 0.1) is 11.6 Å². The minimum absolute atomic E-state index is 0.0986. The number of anilines is 2. The molecule has 12 heteroatoms. The number of ether oxygens (including phenoxy) is 1. The summed E-state index contributed by atoms with van der Waals surface area (Å²) in [4.78, 5) is 8.40. The van der Waals surface area contributed by atoms with Crippen LogP contribution >= 0.6 is 23.2 Å². The first-order chi connectivity index (χ1) is 17.2. The predicted molar refractivity (Wildman–Crippen MR) is 135 cm³/mol. The Hall–Kier alpha value is -3.05. The van der Waals surface area contributed by atoms with Gasteiger partial charge in [-0.2, -0.15) is 0 Å². The van der Waals surface area contributed by atoms with Crippen LogP contribution in [0.2, 0.25) is 10.0 Å². The van der Waals surface area contributed by atoms with Gasteiger partial charge in [0.25, 0.3) is 10.0 Å². The molecule has 1 atom stereocenters. The topological polar surface area (TPSA) is 93.2 Å². The highest BCUT2D eigenvalue weighted by Crippen LogP contribution is 2.34. The number of halogens is 4. The number of benzene rings is 3. The fraction of sp³-hybridized carbons (Fsp3) is 0.167. The van der Waals surface area contributed by atoms with Crippen molar-refractivity contribution in [3.63, 3.8) is 0 Å². The van der Waals surface area contributed by atoms with Crippen LogP contribution in [-0.4, -0.2) is 37.6 Å². The van der Waals surface area contributed by atoms with E-state index in [1.807, 2.05) is 0 Å². The van der Waals surface area contributed by atoms with Crippen molar-refractivity contribution < 1.29 is 21.9 Å². The third-order valence-corrected chi connectivity index (χ3v) is 7.73. The van der Waals surface area contributed by atoms with Gasteiger partial charge in [0.1, 0.15) is 10.7 Å². The summed E-state index contributed by atoms with van der Waals surface area (Å²) in [7, 11) is -4.32. The van der Waals surface area contributed by atoms with Crippen LogP contribution in [-0.2, 0) is 14.8 Å². The Kier molecular flexibility index (Phi) is 6.69. The number of nitrogens with one attached hydrogen (secondary N) is 2. The molecule has 5 rings (SSSR count). The molecule has 1 saturated heterocycles. The van der Waals surface area contributed by atoms with Crippen molar-refractivity contribution in [2.45, 2.75) is 17.4 Å². The van der Waals surface area contributed by atoms with Gasteiger partial charge in [-0.15, -0.1) is 0 Å². The van der Waals surface area contributed by atoms with Crippen molar-refractivity contribution in [1.82, 2.24) is 9.97 Å². The van der Waals surface area contributed by atoms with E-state index >= 15 is 4.39 Å². The molecule has 186 valence electrons. The van der Waals surface area contributed by atoms with Gasteiger partial charge in [-0.1, -0.05) is 29.3 Å². The molecule has 1 unspecified atom stereocenters. The monoisotopic (exact) mass is 550 g/mol. The third kappa shape index (κ3) is 4.94. The number of aromatic nitrogens is 2. The zero-order chi connectivity index (χ0) is 25.4. The largest absolute Gasteiger partial charge is 0.379 e. The van der Waals surface area contributed by atoms with Crippen LogP contribution in [0.5, 0.6) is 0 Å². The maximum absolute atomic E-state index is 15.5. The van der Waals surface area contributed by atoms with Gasteiger partial charge >= 0.3 is 0 Å². The molecule has 2 N–H and O–H groups in total. The molecule has 0 radical (unpaired) electrons. The first kappa shape index (κ1) is 24.6. The van der Waals surface area contributed by atoms with E-state index in [0.29, 0.717) is 30.1 Å². The molecular formula is C24H18Cl2F2N4O3S. The molecule has 3 aromatic carbocycles. The number of sulfonamides is 1. The summed E-state index contributed by atoms with van der Waals surface area (Å²) in [5.74, 6) is -1.52. The zero-order valence-electron chi connectivity index (χ0n) is 18.4. The van der Waals surface area contributed by atoms with Crippen LogP contribution in [0.15, 0.2) is 59.6 Å². The number of hydrogen-bond acceptors (Lipinski definition) is 6. The molecule has 4 aromatic rings. The number of rotatable bonds is 6. The van der Waals surface area contributed by atoms with Crippen molar-refractivity contribution >= 4 is 55.8 Å². The number of hydrogen-bond donors (Lipinski definition) is 2. The van der Waals surface area contributed by atoms with Crippen LogP contribution in [0.1, 0.15) is 6.42 Å². The minimum atomic E-state index is -4.32. The lowest BCUT2D eigenvalue weighted by molar-refractivity contribution is 0.195. The van der Waals surface area contributed by atoms with Crippen LogP contribution in [0.4, 0.5) is 20.4 Å². The standard InChI is InChI=1S/C24H18Cl2F2N4O3S/c25-15-2-3-17(26)21(10-15)36(33,34)32-20-6-4-18(27)22(23(20)28)13-1-5-19-14(9-13)11-29-24(31-19)30-16-7-8-35-12-16/h1-6,9-11,16,32H,7-8,12H2,(H,29,30,31). The van der Waals surface area contributed by atoms with E-state index < -0.39 is 32.9 Å². The molecule has 0 amide bonds. The van der Waals surface area contributed by atoms with Gasteiger partial charge in [0.2, 0.25) is 5.95 Å². The van der Waals surface area contributed by atoms with Gasteiger partial charge in [0.05, 0.1) is 34.4 Å². The van der Waals surface area contributed by atoms with Crippen molar-refractivity contribution in [1.29, 1.82) is 0 Å². The Morgan fingerprint density at radius 3 is 2.67 bits per heavy atom. The number of nitrogens with zero attached hydrogens (tertiary/aromatic N) is 2. The highest BCUT2D eigenvalue weighted by molar-refractivity contribution is 7.92. The fourth-order valence-corrected chi connectivity index (χ4v) is 5.69. The molecule has 0 spiro atoms. The van der Waals surface area contributed by atoms with E-state index in [9.17, 15) is 12.8 Å². The average molecular weight is 551 g/mol. The first-order valence-electron chi connectivity index (χ1n) is 10.8. The van der Waals surface area contributed by atoms with E-state index in [4.69, 9.17) is 27.9 Å². The maximum atomic E-state index is 15.5. The zero-order valence-corrected chi connectivity index (χ0v) is 20.8. The molecule has 0 aliphatic carbocycles. The first-order valence-corrected chi connectivity index (χ1v) is 13.0. The van der Waals surface area contributed by atoms with Gasteiger partial charge in [0, 0.05) is 23.2 Å². The van der Waals surface area contributed by atoms with Crippen LogP contribution in [0.25, 0.3) is 22.0 Å². The predicted octanol–water partition coefficient (Wildman–Crippen LogP) is 5.88. The quantitative estimate of drug-likeness (QED) is 0.311. The highest BCUT2D eigenvalue weighted by Gasteiger charge is 2.23. The van der Waals surface area contributed by atoms with Crippen molar-refractivity contribution in [2.75, 3.05) is 23.3 Å². The van der Waals surface area contributed by atoms with Gasteiger partial charge in [-0.25, -0.2) is 27.2 Å². The molecule has 2 heterocycles. The lowest BCUT2D eigenvalue weighted by atomic mass is 10.0. The van der Waals surface area contributed by atoms with Crippen LogP contribution in [0.3, 0.4) is 0 Å². The van der Waals surface area contributed by atoms with E-state index in [2.05, 4.69) is 20.0 Å². The Labute approximate surface area is 215 Å². The van der Waals surface area contributed by atoms with Crippen molar-refractivity contribution in [3.8, 4) is 11.1 Å². The molecule has 36 heavy (non-hydrogen) atoms. The summed E-state index contributed by atoms with van der Waals surface area (Å²) >= 11 is 11.9. The lowest BCUT2D eigenvalue weighted by Crippen LogP contribution is -2.20. The van der Waals surface area contributed by atoms with E-state index in [0.717, 1.165) is 24.6 Å². The number of fused-ring (bicyclic) bond motifs is 1. The SMILES string of the molecule is O=S(=O)(Nc1ccc(F)c(-c2ccc3nc(NC4CCOC4)ncc3c2)c1F)c1cc(Cl)ccc1Cl. The molecular weight excluding hydrogens is 533 g/mol. The highest BCUT2D eigenvalue weighted by atomic mass is 35.5. The second kappa shape index (κ2) is 9.78. The minimum Gasteiger partial charge on any atom is -0.379 e. The molecule has 1 aromatic heterocycles. The Balaban J connectivity index is 1.48. The molecule has 0 bridgehead atoms. The van der Waals surface area contributed by atoms with Gasteiger partial charge in [0.15, 0.2) is 5.82 Å². The molecule has 0 saturated carbocycles. The normalized spacial score (nSPS) is 15.8. The van der Waals surface area contributed by atoms with Gasteiger partial charge in [-0.3, -0.25) is 4.72 Å². The summed E-state index contributed by atoms with van der Waals surface area (Å²) in [5, 5.41) is 3.78. The second-order valence-corrected chi connectivity index (χ2v) is 10.6. The summed E-state index contributed by atoms with van der Waals surface area (Å²) < 4.78 is 63.4. The summed E-state index contributed by atoms with van der Waals surface area (Å²) in [5.41, 5.74) is -0.0898. The van der Waals surface area contributed by atoms with Gasteiger partial charge in [-0.05, 0) is 54.4 Å². The van der Waals surface area contributed by atoms with Gasteiger partial charge < -0.3 is 10.1 Å². The molecule has 1 aliphatic heterocycles. The Morgan fingerprint density at radius 1 is 1.06 bits per heavy atom. The van der Waals surface area contributed by atoms with E-state index in [1.54, 1.807) is 12.3 Å². The lowest BCUT2D eigenvalue weighted by Gasteiger charge is -2.14. The smallest absolute Gasteiger partial charge is 0.263 e. The fourth-order valence-electron chi connectivity index (χ4n) is 3.87. The third-order valence-electron chi connectivity index (χ3n) is 5.65. The summed E-state index contributed by atoms with van der Waals surface area (Å²) in [6.45, 7) is 1.25. The summed E-state index contributed by atoms with van der Waals surface area (Å²) in [6, 6.07) is 10.6. The van der Waals surface area contributed by atoms with E-state index in [1.165, 1.54) is 24.3 Å². The second-order valence-electron chi connectivity index (χ2n) is 8.14. The maximum Gasteiger partial charge on any atom is 0.263 e. The average Bonchev–Trinajstić information content (AvgIpc) is 3.35. The molecule has 7 nitrogen and oxygen atoms in total. The molecule has 1 fully saturated rings. The Morgan fingerprint density at radius 2 is 1.89 bits per heavy atom.